The molecule has 0 saturated carbocycles. The van der Waals surface area contributed by atoms with Crippen LogP contribution in [-0.4, -0.2) is 61.4 Å². The molecule has 7 heteroatoms. The van der Waals surface area contributed by atoms with E-state index in [0.29, 0.717) is 19.5 Å². The van der Waals surface area contributed by atoms with Gasteiger partial charge < -0.3 is 11.1 Å². The van der Waals surface area contributed by atoms with E-state index >= 15 is 0 Å². The highest BCUT2D eigenvalue weighted by Crippen LogP contribution is 2.21. The Morgan fingerprint density at radius 2 is 2.15 bits per heavy atom. The Bertz CT molecular complexity index is 452. The van der Waals surface area contributed by atoms with Crippen molar-refractivity contribution in [2.24, 2.45) is 5.73 Å². The zero-order chi connectivity index (χ0) is 15.6. The van der Waals surface area contributed by atoms with Gasteiger partial charge in [0.15, 0.2) is 9.84 Å². The molecule has 20 heavy (non-hydrogen) atoms. The second-order valence-electron chi connectivity index (χ2n) is 5.98. The van der Waals surface area contributed by atoms with Crippen molar-refractivity contribution in [3.8, 4) is 0 Å². The summed E-state index contributed by atoms with van der Waals surface area (Å²) in [4.78, 5) is 13.8. The fourth-order valence-electron chi connectivity index (χ4n) is 3.02. The molecule has 1 fully saturated rings. The largest absolute Gasteiger partial charge is 0.368 e. The third-order valence-corrected chi connectivity index (χ3v) is 5.90. The third kappa shape index (κ3) is 4.17. The molecule has 6 nitrogen and oxygen atoms in total. The molecule has 0 bridgehead atoms. The average molecular weight is 305 g/mol. The van der Waals surface area contributed by atoms with E-state index in [2.05, 4.69) is 10.2 Å². The molecule has 1 aliphatic heterocycles. The molecule has 118 valence electrons. The molecule has 1 amide bonds. The highest BCUT2D eigenvalue weighted by Gasteiger charge is 2.37. The van der Waals surface area contributed by atoms with Gasteiger partial charge in [-0.3, -0.25) is 9.69 Å². The molecule has 1 rings (SSSR count). The second kappa shape index (κ2) is 6.41. The topological polar surface area (TPSA) is 92.5 Å². The van der Waals surface area contributed by atoms with E-state index in [1.165, 1.54) is 0 Å². The van der Waals surface area contributed by atoms with Crippen molar-refractivity contribution in [2.45, 2.75) is 51.7 Å². The van der Waals surface area contributed by atoms with E-state index in [4.69, 9.17) is 5.73 Å². The number of primary amides is 1. The zero-order valence-corrected chi connectivity index (χ0v) is 13.7. The van der Waals surface area contributed by atoms with Crippen LogP contribution in [0.4, 0.5) is 0 Å². The summed E-state index contributed by atoms with van der Waals surface area (Å²) in [6.07, 6.45) is 0.570. The van der Waals surface area contributed by atoms with E-state index in [1.807, 2.05) is 20.8 Å². The van der Waals surface area contributed by atoms with Crippen LogP contribution in [0, 0.1) is 0 Å². The van der Waals surface area contributed by atoms with E-state index in [9.17, 15) is 13.2 Å². The van der Waals surface area contributed by atoms with Crippen molar-refractivity contribution < 1.29 is 13.2 Å². The van der Waals surface area contributed by atoms with Crippen molar-refractivity contribution in [1.82, 2.24) is 10.2 Å². The van der Waals surface area contributed by atoms with Crippen LogP contribution in [0.5, 0.6) is 0 Å². The number of carbonyl (C=O) groups excluding carboxylic acids is 1. The van der Waals surface area contributed by atoms with Gasteiger partial charge in [-0.15, -0.1) is 0 Å². The van der Waals surface area contributed by atoms with Crippen LogP contribution >= 0.6 is 0 Å². The van der Waals surface area contributed by atoms with Crippen LogP contribution in [0.3, 0.4) is 0 Å². The molecule has 3 atom stereocenters. The summed E-state index contributed by atoms with van der Waals surface area (Å²) in [5.41, 5.74) is 4.74. The summed E-state index contributed by atoms with van der Waals surface area (Å²) < 4.78 is 23.2. The maximum absolute atomic E-state index is 11.7. The predicted octanol–water partition coefficient (Wildman–Crippen LogP) is -0.263. The minimum Gasteiger partial charge on any atom is -0.368 e. The molecule has 1 saturated heterocycles. The molecule has 3 N–H and O–H groups in total. The number of nitrogens with zero attached hydrogens (tertiary/aromatic N) is 1. The number of likely N-dealkylation sites (N-methyl/N-ethyl adjacent to an activating group) is 1. The lowest BCUT2D eigenvalue weighted by Gasteiger charge is -2.41. The zero-order valence-electron chi connectivity index (χ0n) is 12.8. The molecule has 0 radical (unpaired) electrons. The van der Waals surface area contributed by atoms with E-state index in [0.717, 1.165) is 0 Å². The third-order valence-electron chi connectivity index (χ3n) is 4.10. The van der Waals surface area contributed by atoms with Gasteiger partial charge in [-0.1, -0.05) is 6.92 Å². The first-order valence-electron chi connectivity index (χ1n) is 7.12. The minimum absolute atomic E-state index is 0.0255. The molecule has 3 unspecified atom stereocenters. The van der Waals surface area contributed by atoms with Crippen molar-refractivity contribution in [3.63, 3.8) is 0 Å². The van der Waals surface area contributed by atoms with Crippen LogP contribution in [-0.2, 0) is 14.6 Å². The Labute approximate surface area is 122 Å². The second-order valence-corrected chi connectivity index (χ2v) is 8.21. The normalized spacial score (nSPS) is 27.7. The van der Waals surface area contributed by atoms with Gasteiger partial charge in [0.05, 0.1) is 17.0 Å². The van der Waals surface area contributed by atoms with Crippen LogP contribution in [0.1, 0.15) is 34.1 Å². The smallest absolute Gasteiger partial charge is 0.237 e. The molecule has 1 heterocycles. The molecule has 0 spiro atoms. The first-order valence-corrected chi connectivity index (χ1v) is 8.94. The van der Waals surface area contributed by atoms with Gasteiger partial charge in [-0.05, 0) is 33.7 Å². The Morgan fingerprint density at radius 1 is 1.55 bits per heavy atom. The van der Waals surface area contributed by atoms with Gasteiger partial charge in [0, 0.05) is 18.6 Å². The van der Waals surface area contributed by atoms with E-state index < -0.39 is 15.4 Å². The molecule has 0 aliphatic carbocycles. The highest BCUT2D eigenvalue weighted by atomic mass is 32.2. The van der Waals surface area contributed by atoms with Crippen molar-refractivity contribution in [3.05, 3.63) is 0 Å². The van der Waals surface area contributed by atoms with Gasteiger partial charge in [-0.2, -0.15) is 0 Å². The molecule has 0 aromatic heterocycles. The molecule has 1 aliphatic rings. The van der Waals surface area contributed by atoms with Crippen molar-refractivity contribution in [1.29, 1.82) is 0 Å². The number of hydrogen-bond donors (Lipinski definition) is 2. The summed E-state index contributed by atoms with van der Waals surface area (Å²) in [5, 5.41) is 3.14. The van der Waals surface area contributed by atoms with Crippen molar-refractivity contribution >= 4 is 15.7 Å². The maximum Gasteiger partial charge on any atom is 0.237 e. The SMILES string of the molecule is CCNC(C)(CC(C)N1CCS(=O)(=O)CC1C)C(N)=O. The number of nitrogens with two attached hydrogens (primary N) is 1. The Hall–Kier alpha value is -0.660. The van der Waals surface area contributed by atoms with Gasteiger partial charge in [0.2, 0.25) is 5.91 Å². The summed E-state index contributed by atoms with van der Waals surface area (Å²) in [7, 11) is -2.92. The molecular formula is C13H27N3O3S. The maximum atomic E-state index is 11.7. The van der Waals surface area contributed by atoms with Gasteiger partial charge >= 0.3 is 0 Å². The minimum atomic E-state index is -2.92. The summed E-state index contributed by atoms with van der Waals surface area (Å²) >= 11 is 0. The fraction of sp³-hybridized carbons (Fsp3) is 0.923. The standard InChI is InChI=1S/C13H27N3O3S/c1-5-15-13(4,12(14)17)8-10(2)16-6-7-20(18,19)9-11(16)3/h10-11,15H,5-9H2,1-4H3,(H2,14,17). The monoisotopic (exact) mass is 305 g/mol. The lowest BCUT2D eigenvalue weighted by atomic mass is 9.91. The van der Waals surface area contributed by atoms with Crippen LogP contribution in [0.15, 0.2) is 0 Å². The number of carbonyl (C=O) groups is 1. The lowest BCUT2D eigenvalue weighted by Crippen LogP contribution is -2.58. The van der Waals surface area contributed by atoms with Crippen LogP contribution in [0.25, 0.3) is 0 Å². The van der Waals surface area contributed by atoms with Crippen molar-refractivity contribution in [2.75, 3.05) is 24.6 Å². The Balaban J connectivity index is 2.75. The number of nitrogens with one attached hydrogen (secondary N) is 1. The first-order chi connectivity index (χ1) is 9.11. The summed E-state index contributed by atoms with van der Waals surface area (Å²) in [5.74, 6) is 0.00521. The summed E-state index contributed by atoms with van der Waals surface area (Å²) in [6, 6.07) is 0.0690. The molecular weight excluding hydrogens is 278 g/mol. The number of sulfone groups is 1. The fourth-order valence-corrected chi connectivity index (χ4v) is 4.61. The van der Waals surface area contributed by atoms with Crippen LogP contribution < -0.4 is 11.1 Å². The Morgan fingerprint density at radius 3 is 2.60 bits per heavy atom. The summed E-state index contributed by atoms with van der Waals surface area (Å²) in [6.45, 7) is 8.86. The van der Waals surface area contributed by atoms with Gasteiger partial charge in [-0.25, -0.2) is 8.42 Å². The number of hydrogen-bond acceptors (Lipinski definition) is 5. The van der Waals surface area contributed by atoms with Crippen LogP contribution in [0.2, 0.25) is 0 Å². The van der Waals surface area contributed by atoms with Gasteiger partial charge in [0.25, 0.3) is 0 Å². The first kappa shape index (κ1) is 17.4. The number of amides is 1. The lowest BCUT2D eigenvalue weighted by molar-refractivity contribution is -0.124. The predicted molar refractivity (Wildman–Crippen MR) is 80.2 cm³/mol. The van der Waals surface area contributed by atoms with E-state index in [1.54, 1.807) is 6.92 Å². The number of rotatable bonds is 6. The molecule has 0 aromatic carbocycles. The van der Waals surface area contributed by atoms with Gasteiger partial charge in [0.1, 0.15) is 0 Å². The quantitative estimate of drug-likeness (QED) is 0.705. The van der Waals surface area contributed by atoms with E-state index in [-0.39, 0.29) is 29.5 Å². The average Bonchev–Trinajstić information content (AvgIpc) is 2.27. The molecule has 0 aromatic rings. The Kier molecular flexibility index (Phi) is 5.57. The highest BCUT2D eigenvalue weighted by molar-refractivity contribution is 7.91.